The standard InChI is InChI=1S/C11H15BrN2O3/c1-6(3-4-15)13-10(16)8-5-9(12)7(2)14-11(8)17/h5-6,15H,3-4H2,1-2H3,(H,13,16)(H,14,17)/t6-/m1/s1. The normalized spacial score (nSPS) is 12.2. The van der Waals surface area contributed by atoms with Gasteiger partial charge in [0.2, 0.25) is 0 Å². The molecule has 1 heterocycles. The van der Waals surface area contributed by atoms with Crippen LogP contribution >= 0.6 is 15.9 Å². The molecule has 1 rings (SSSR count). The second-order valence-electron chi connectivity index (χ2n) is 3.87. The summed E-state index contributed by atoms with van der Waals surface area (Å²) in [6.45, 7) is 3.50. The van der Waals surface area contributed by atoms with Crippen molar-refractivity contribution in [2.45, 2.75) is 26.3 Å². The SMILES string of the molecule is Cc1[nH]c(=O)c(C(=O)N[C@H](C)CCO)cc1Br. The van der Waals surface area contributed by atoms with Gasteiger partial charge in [0.15, 0.2) is 0 Å². The largest absolute Gasteiger partial charge is 0.396 e. The number of nitrogens with one attached hydrogen (secondary N) is 2. The summed E-state index contributed by atoms with van der Waals surface area (Å²) in [4.78, 5) is 25.9. The fraction of sp³-hybridized carbons (Fsp3) is 0.455. The van der Waals surface area contributed by atoms with Crippen molar-refractivity contribution in [1.82, 2.24) is 10.3 Å². The number of pyridine rings is 1. The molecule has 0 radical (unpaired) electrons. The van der Waals surface area contributed by atoms with E-state index in [0.717, 1.165) is 0 Å². The van der Waals surface area contributed by atoms with E-state index in [-0.39, 0.29) is 18.2 Å². The highest BCUT2D eigenvalue weighted by atomic mass is 79.9. The molecule has 0 saturated heterocycles. The Hall–Kier alpha value is -1.14. The Bertz CT molecular complexity index is 470. The molecule has 0 spiro atoms. The number of amides is 1. The fourth-order valence-corrected chi connectivity index (χ4v) is 1.66. The van der Waals surface area contributed by atoms with Gasteiger partial charge >= 0.3 is 0 Å². The minimum atomic E-state index is -0.437. The van der Waals surface area contributed by atoms with Crippen LogP contribution in [0.4, 0.5) is 0 Å². The van der Waals surface area contributed by atoms with Crippen LogP contribution in [0.25, 0.3) is 0 Å². The monoisotopic (exact) mass is 302 g/mol. The number of aryl methyl sites for hydroxylation is 1. The van der Waals surface area contributed by atoms with Crippen molar-refractivity contribution < 1.29 is 9.90 Å². The third-order valence-electron chi connectivity index (χ3n) is 2.36. The highest BCUT2D eigenvalue weighted by Crippen LogP contribution is 2.12. The molecule has 1 amide bonds. The van der Waals surface area contributed by atoms with Crippen LogP contribution in [-0.2, 0) is 0 Å². The van der Waals surface area contributed by atoms with Crippen molar-refractivity contribution in [3.05, 3.63) is 32.2 Å². The summed E-state index contributed by atoms with van der Waals surface area (Å²) in [5.74, 6) is -0.437. The Labute approximate surface area is 107 Å². The smallest absolute Gasteiger partial charge is 0.261 e. The molecule has 94 valence electrons. The van der Waals surface area contributed by atoms with Gasteiger partial charge < -0.3 is 15.4 Å². The van der Waals surface area contributed by atoms with Gasteiger partial charge in [0.1, 0.15) is 5.56 Å². The zero-order valence-electron chi connectivity index (χ0n) is 9.71. The number of H-pyrrole nitrogens is 1. The van der Waals surface area contributed by atoms with E-state index in [1.54, 1.807) is 13.8 Å². The first-order valence-corrected chi connectivity index (χ1v) is 6.06. The van der Waals surface area contributed by atoms with E-state index in [1.807, 2.05) is 0 Å². The number of aliphatic hydroxyl groups is 1. The van der Waals surface area contributed by atoms with Crippen molar-refractivity contribution in [2.75, 3.05) is 6.61 Å². The van der Waals surface area contributed by atoms with Crippen molar-refractivity contribution >= 4 is 21.8 Å². The summed E-state index contributed by atoms with van der Waals surface area (Å²) in [7, 11) is 0. The molecule has 1 atom stereocenters. The first-order chi connectivity index (χ1) is 7.95. The summed E-state index contributed by atoms with van der Waals surface area (Å²) in [5, 5.41) is 11.4. The second kappa shape index (κ2) is 5.97. The zero-order valence-corrected chi connectivity index (χ0v) is 11.3. The maximum atomic E-state index is 11.8. The molecule has 5 nitrogen and oxygen atoms in total. The minimum absolute atomic E-state index is 0.00457. The molecule has 0 aromatic carbocycles. The van der Waals surface area contributed by atoms with Crippen molar-refractivity contribution in [3.8, 4) is 0 Å². The Kier molecular flexibility index (Phi) is 4.89. The number of rotatable bonds is 4. The van der Waals surface area contributed by atoms with Gasteiger partial charge in [-0.25, -0.2) is 0 Å². The van der Waals surface area contributed by atoms with Gasteiger partial charge in [-0.05, 0) is 42.3 Å². The van der Waals surface area contributed by atoms with Crippen LogP contribution < -0.4 is 10.9 Å². The summed E-state index contributed by atoms with van der Waals surface area (Å²) < 4.78 is 0.678. The van der Waals surface area contributed by atoms with Gasteiger partial charge in [-0.2, -0.15) is 0 Å². The lowest BCUT2D eigenvalue weighted by atomic mass is 10.2. The van der Waals surface area contributed by atoms with Crippen LogP contribution in [0.3, 0.4) is 0 Å². The van der Waals surface area contributed by atoms with E-state index in [2.05, 4.69) is 26.2 Å². The van der Waals surface area contributed by atoms with Crippen molar-refractivity contribution in [1.29, 1.82) is 0 Å². The molecule has 0 saturated carbocycles. The predicted molar refractivity (Wildman–Crippen MR) is 68.1 cm³/mol. The number of hydrogen-bond donors (Lipinski definition) is 3. The molecular formula is C11H15BrN2O3. The number of halogens is 1. The molecular weight excluding hydrogens is 288 g/mol. The van der Waals surface area contributed by atoms with E-state index in [4.69, 9.17) is 5.11 Å². The maximum absolute atomic E-state index is 11.8. The predicted octanol–water partition coefficient (Wildman–Crippen LogP) is 0.947. The highest BCUT2D eigenvalue weighted by molar-refractivity contribution is 9.10. The topological polar surface area (TPSA) is 82.2 Å². The van der Waals surface area contributed by atoms with Gasteiger partial charge in [0, 0.05) is 22.8 Å². The van der Waals surface area contributed by atoms with Crippen LogP contribution in [0.15, 0.2) is 15.3 Å². The zero-order chi connectivity index (χ0) is 13.0. The maximum Gasteiger partial charge on any atom is 0.261 e. The van der Waals surface area contributed by atoms with E-state index < -0.39 is 11.5 Å². The average molecular weight is 303 g/mol. The van der Waals surface area contributed by atoms with Gasteiger partial charge in [0.05, 0.1) is 0 Å². The Morgan fingerprint density at radius 1 is 1.65 bits per heavy atom. The average Bonchev–Trinajstić information content (AvgIpc) is 2.23. The first-order valence-electron chi connectivity index (χ1n) is 5.27. The van der Waals surface area contributed by atoms with Crippen LogP contribution in [-0.4, -0.2) is 28.6 Å². The lowest BCUT2D eigenvalue weighted by Crippen LogP contribution is -2.36. The molecule has 0 aliphatic rings. The number of aliphatic hydroxyl groups excluding tert-OH is 1. The minimum Gasteiger partial charge on any atom is -0.396 e. The van der Waals surface area contributed by atoms with Crippen LogP contribution in [0.5, 0.6) is 0 Å². The number of hydrogen-bond acceptors (Lipinski definition) is 3. The third-order valence-corrected chi connectivity index (χ3v) is 3.18. The lowest BCUT2D eigenvalue weighted by molar-refractivity contribution is 0.0933. The van der Waals surface area contributed by atoms with Crippen LogP contribution in [0.1, 0.15) is 29.4 Å². The number of aromatic nitrogens is 1. The molecule has 0 aliphatic heterocycles. The second-order valence-corrected chi connectivity index (χ2v) is 4.73. The molecule has 0 fully saturated rings. The molecule has 17 heavy (non-hydrogen) atoms. The molecule has 0 aliphatic carbocycles. The van der Waals surface area contributed by atoms with E-state index >= 15 is 0 Å². The van der Waals surface area contributed by atoms with E-state index in [9.17, 15) is 9.59 Å². The van der Waals surface area contributed by atoms with Gasteiger partial charge in [-0.15, -0.1) is 0 Å². The molecule has 0 bridgehead atoms. The highest BCUT2D eigenvalue weighted by Gasteiger charge is 2.14. The van der Waals surface area contributed by atoms with Crippen LogP contribution in [0.2, 0.25) is 0 Å². The third kappa shape index (κ3) is 3.67. The van der Waals surface area contributed by atoms with Crippen LogP contribution in [0, 0.1) is 6.92 Å². The summed E-state index contributed by atoms with van der Waals surface area (Å²) >= 11 is 3.26. The Morgan fingerprint density at radius 2 is 2.29 bits per heavy atom. The van der Waals surface area contributed by atoms with Gasteiger partial charge in [-0.3, -0.25) is 9.59 Å². The van der Waals surface area contributed by atoms with E-state index in [1.165, 1.54) is 6.07 Å². The lowest BCUT2D eigenvalue weighted by Gasteiger charge is -2.12. The van der Waals surface area contributed by atoms with Crippen molar-refractivity contribution in [3.63, 3.8) is 0 Å². The molecule has 3 N–H and O–H groups in total. The molecule has 6 heteroatoms. The molecule has 1 aromatic heterocycles. The van der Waals surface area contributed by atoms with Gasteiger partial charge in [-0.1, -0.05) is 0 Å². The molecule has 0 unspecified atom stereocenters. The number of aromatic amines is 1. The summed E-state index contributed by atoms with van der Waals surface area (Å²) in [5.41, 5.74) is 0.321. The number of carbonyl (C=O) groups is 1. The Morgan fingerprint density at radius 3 is 2.88 bits per heavy atom. The first kappa shape index (κ1) is 13.9. The fourth-order valence-electron chi connectivity index (χ4n) is 1.33. The quantitative estimate of drug-likeness (QED) is 0.774. The van der Waals surface area contributed by atoms with E-state index in [0.29, 0.717) is 16.6 Å². The van der Waals surface area contributed by atoms with Gasteiger partial charge in [0.25, 0.3) is 11.5 Å². The number of carbonyl (C=O) groups excluding carboxylic acids is 1. The Balaban J connectivity index is 2.90. The summed E-state index contributed by atoms with van der Waals surface area (Å²) in [6.07, 6.45) is 0.455. The van der Waals surface area contributed by atoms with Crippen molar-refractivity contribution in [2.24, 2.45) is 0 Å². The summed E-state index contributed by atoms with van der Waals surface area (Å²) in [6, 6.07) is 1.32. The molecule has 1 aromatic rings.